The molecule has 0 atom stereocenters. The molecule has 1 aliphatic rings. The van der Waals surface area contributed by atoms with Crippen molar-refractivity contribution in [1.82, 2.24) is 15.2 Å². The Labute approximate surface area is 110 Å². The molecule has 0 unspecified atom stereocenters. The van der Waals surface area contributed by atoms with Crippen molar-refractivity contribution in [3.05, 3.63) is 30.1 Å². The van der Waals surface area contributed by atoms with E-state index in [1.807, 2.05) is 31.2 Å². The first-order valence-corrected chi connectivity index (χ1v) is 6.17. The third-order valence-corrected chi connectivity index (χ3v) is 3.24. The molecule has 98 valence electrons. The van der Waals surface area contributed by atoms with Crippen LogP contribution in [-0.4, -0.2) is 26.6 Å². The van der Waals surface area contributed by atoms with Crippen molar-refractivity contribution in [3.63, 3.8) is 0 Å². The Bertz CT molecular complexity index is 612. The number of amides is 1. The lowest BCUT2D eigenvalue weighted by Gasteiger charge is -2.10. The number of benzene rings is 1. The molecule has 1 amide bonds. The van der Waals surface area contributed by atoms with E-state index < -0.39 is 5.54 Å². The summed E-state index contributed by atoms with van der Waals surface area (Å²) >= 11 is 0. The van der Waals surface area contributed by atoms with Crippen LogP contribution in [-0.2, 0) is 4.79 Å². The summed E-state index contributed by atoms with van der Waals surface area (Å²) in [6.45, 7) is 1.85. The molecule has 1 heterocycles. The summed E-state index contributed by atoms with van der Waals surface area (Å²) in [6.07, 6.45) is 1.51. The molecule has 6 heteroatoms. The van der Waals surface area contributed by atoms with Crippen LogP contribution in [0.15, 0.2) is 24.3 Å². The minimum Gasteiger partial charge on any atom is -0.324 e. The van der Waals surface area contributed by atoms with Crippen LogP contribution in [0.4, 0.5) is 5.69 Å². The highest BCUT2D eigenvalue weighted by molar-refractivity contribution is 6.00. The van der Waals surface area contributed by atoms with Gasteiger partial charge in [-0.2, -0.15) is 5.10 Å². The van der Waals surface area contributed by atoms with Gasteiger partial charge in [-0.1, -0.05) is 0 Å². The molecule has 0 saturated heterocycles. The van der Waals surface area contributed by atoms with Gasteiger partial charge in [-0.05, 0) is 44.0 Å². The molecule has 1 saturated carbocycles. The molecule has 1 aromatic carbocycles. The zero-order valence-electron chi connectivity index (χ0n) is 10.6. The first-order chi connectivity index (χ1) is 9.07. The van der Waals surface area contributed by atoms with Crippen LogP contribution in [0.3, 0.4) is 0 Å². The maximum atomic E-state index is 11.8. The van der Waals surface area contributed by atoms with Crippen molar-refractivity contribution in [2.45, 2.75) is 25.3 Å². The molecule has 4 N–H and O–H groups in total. The van der Waals surface area contributed by atoms with Crippen molar-refractivity contribution in [2.75, 3.05) is 5.32 Å². The van der Waals surface area contributed by atoms with E-state index in [9.17, 15) is 4.79 Å². The number of carbonyl (C=O) groups excluding carboxylic acids is 1. The van der Waals surface area contributed by atoms with Crippen molar-refractivity contribution >= 4 is 11.6 Å². The third kappa shape index (κ3) is 2.34. The Kier molecular flexibility index (Phi) is 2.60. The van der Waals surface area contributed by atoms with Gasteiger partial charge in [0.25, 0.3) is 0 Å². The summed E-state index contributed by atoms with van der Waals surface area (Å²) in [5.74, 6) is 1.30. The molecular weight excluding hydrogens is 242 g/mol. The number of anilines is 1. The second-order valence-corrected chi connectivity index (χ2v) is 4.93. The van der Waals surface area contributed by atoms with Gasteiger partial charge >= 0.3 is 0 Å². The molecule has 2 aromatic rings. The van der Waals surface area contributed by atoms with Crippen molar-refractivity contribution in [1.29, 1.82) is 0 Å². The van der Waals surface area contributed by atoms with Gasteiger partial charge < -0.3 is 11.1 Å². The van der Waals surface area contributed by atoms with Crippen LogP contribution in [0.1, 0.15) is 18.7 Å². The van der Waals surface area contributed by atoms with Crippen LogP contribution >= 0.6 is 0 Å². The van der Waals surface area contributed by atoms with E-state index in [0.717, 1.165) is 29.9 Å². The molecular formula is C13H15N5O. The lowest BCUT2D eigenvalue weighted by Crippen LogP contribution is -2.37. The molecule has 1 aliphatic carbocycles. The van der Waals surface area contributed by atoms with Gasteiger partial charge in [0, 0.05) is 11.3 Å². The van der Waals surface area contributed by atoms with E-state index in [1.165, 1.54) is 0 Å². The minimum atomic E-state index is -0.653. The smallest absolute Gasteiger partial charge is 0.244 e. The van der Waals surface area contributed by atoms with E-state index in [1.54, 1.807) is 0 Å². The average Bonchev–Trinajstić information content (AvgIpc) is 3.01. The summed E-state index contributed by atoms with van der Waals surface area (Å²) in [6, 6.07) is 7.39. The van der Waals surface area contributed by atoms with E-state index >= 15 is 0 Å². The predicted molar refractivity (Wildman–Crippen MR) is 71.3 cm³/mol. The Morgan fingerprint density at radius 1 is 1.37 bits per heavy atom. The van der Waals surface area contributed by atoms with Gasteiger partial charge in [-0.25, -0.2) is 4.98 Å². The summed E-state index contributed by atoms with van der Waals surface area (Å²) in [7, 11) is 0. The van der Waals surface area contributed by atoms with Gasteiger partial charge in [-0.3, -0.25) is 9.89 Å². The molecule has 19 heavy (non-hydrogen) atoms. The number of nitrogens with one attached hydrogen (secondary N) is 2. The maximum Gasteiger partial charge on any atom is 0.244 e. The fraction of sp³-hybridized carbons (Fsp3) is 0.308. The number of rotatable bonds is 3. The predicted octanol–water partition coefficient (Wildman–Crippen LogP) is 1.21. The highest BCUT2D eigenvalue weighted by Gasteiger charge is 2.45. The topological polar surface area (TPSA) is 96.7 Å². The minimum absolute atomic E-state index is 0.117. The molecule has 6 nitrogen and oxygen atoms in total. The SMILES string of the molecule is Cc1nc(-c2ccc(NC(=O)C3(N)CC3)cc2)n[nH]1. The molecule has 0 aliphatic heterocycles. The van der Waals surface area contributed by atoms with E-state index in [0.29, 0.717) is 5.82 Å². The van der Waals surface area contributed by atoms with Gasteiger partial charge in [0.1, 0.15) is 5.82 Å². The number of hydrogen-bond acceptors (Lipinski definition) is 4. The highest BCUT2D eigenvalue weighted by Crippen LogP contribution is 2.33. The third-order valence-electron chi connectivity index (χ3n) is 3.24. The number of H-pyrrole nitrogens is 1. The standard InChI is InChI=1S/C13H15N5O/c1-8-15-11(18-17-8)9-2-4-10(5-3-9)16-12(19)13(14)6-7-13/h2-5H,6-7,14H2,1H3,(H,16,19)(H,15,17,18). The van der Waals surface area contributed by atoms with Gasteiger partial charge in [0.05, 0.1) is 5.54 Å². The van der Waals surface area contributed by atoms with Crippen molar-refractivity contribution in [3.8, 4) is 11.4 Å². The lowest BCUT2D eigenvalue weighted by atomic mass is 10.2. The van der Waals surface area contributed by atoms with E-state index in [2.05, 4.69) is 20.5 Å². The highest BCUT2D eigenvalue weighted by atomic mass is 16.2. The quantitative estimate of drug-likeness (QED) is 0.770. The molecule has 0 spiro atoms. The van der Waals surface area contributed by atoms with Crippen molar-refractivity contribution < 1.29 is 4.79 Å². The van der Waals surface area contributed by atoms with Crippen molar-refractivity contribution in [2.24, 2.45) is 5.73 Å². The second-order valence-electron chi connectivity index (χ2n) is 4.93. The Morgan fingerprint density at radius 2 is 2.05 bits per heavy atom. The number of aryl methyl sites for hydroxylation is 1. The largest absolute Gasteiger partial charge is 0.324 e. The molecule has 3 rings (SSSR count). The summed E-state index contributed by atoms with van der Waals surface area (Å²) in [5.41, 5.74) is 6.81. The van der Waals surface area contributed by atoms with Crippen LogP contribution in [0.2, 0.25) is 0 Å². The molecule has 1 fully saturated rings. The number of aromatic nitrogens is 3. The monoisotopic (exact) mass is 257 g/mol. The molecule has 0 bridgehead atoms. The Morgan fingerprint density at radius 3 is 2.58 bits per heavy atom. The zero-order chi connectivity index (χ0) is 13.5. The fourth-order valence-electron chi connectivity index (χ4n) is 1.79. The van der Waals surface area contributed by atoms with Crippen LogP contribution in [0.25, 0.3) is 11.4 Å². The first-order valence-electron chi connectivity index (χ1n) is 6.17. The van der Waals surface area contributed by atoms with Crippen LogP contribution < -0.4 is 11.1 Å². The van der Waals surface area contributed by atoms with E-state index in [-0.39, 0.29) is 5.91 Å². The normalized spacial score (nSPS) is 16.1. The maximum absolute atomic E-state index is 11.8. The Hall–Kier alpha value is -2.21. The van der Waals surface area contributed by atoms with Gasteiger partial charge in [0.2, 0.25) is 5.91 Å². The second kappa shape index (κ2) is 4.17. The zero-order valence-corrected chi connectivity index (χ0v) is 10.6. The molecule has 1 aromatic heterocycles. The number of nitrogens with two attached hydrogens (primary N) is 1. The number of nitrogens with zero attached hydrogens (tertiary/aromatic N) is 2. The van der Waals surface area contributed by atoms with Gasteiger partial charge in [0.15, 0.2) is 5.82 Å². The number of hydrogen-bond donors (Lipinski definition) is 3. The molecule has 0 radical (unpaired) electrons. The lowest BCUT2D eigenvalue weighted by molar-refractivity contribution is -0.118. The number of aromatic amines is 1. The fourth-order valence-corrected chi connectivity index (χ4v) is 1.79. The average molecular weight is 257 g/mol. The van der Waals surface area contributed by atoms with Crippen LogP contribution in [0, 0.1) is 6.92 Å². The Balaban J connectivity index is 1.74. The summed E-state index contributed by atoms with van der Waals surface area (Å²) in [5, 5.41) is 9.69. The van der Waals surface area contributed by atoms with E-state index in [4.69, 9.17) is 5.73 Å². The number of carbonyl (C=O) groups is 1. The summed E-state index contributed by atoms with van der Waals surface area (Å²) in [4.78, 5) is 16.0. The first kappa shape index (κ1) is 11.9. The summed E-state index contributed by atoms with van der Waals surface area (Å²) < 4.78 is 0. The van der Waals surface area contributed by atoms with Crippen LogP contribution in [0.5, 0.6) is 0 Å². The van der Waals surface area contributed by atoms with Gasteiger partial charge in [-0.15, -0.1) is 0 Å².